The maximum Gasteiger partial charge on any atom is 0.138 e. The van der Waals surface area contributed by atoms with E-state index in [-0.39, 0.29) is 5.92 Å². The number of hydrogen-bond donors (Lipinski definition) is 0. The van der Waals surface area contributed by atoms with Gasteiger partial charge in [-0.2, -0.15) is 0 Å². The lowest BCUT2D eigenvalue weighted by Gasteiger charge is -2.34. The third kappa shape index (κ3) is 4.50. The first-order valence-corrected chi connectivity index (χ1v) is 9.73. The van der Waals surface area contributed by atoms with E-state index in [1.54, 1.807) is 0 Å². The molecule has 2 aromatic rings. The summed E-state index contributed by atoms with van der Waals surface area (Å²) >= 11 is 0. The molecule has 1 saturated carbocycles. The zero-order valence-electron chi connectivity index (χ0n) is 15.7. The van der Waals surface area contributed by atoms with Crippen LogP contribution in [0.5, 0.6) is 0 Å². The Kier molecular flexibility index (Phi) is 6.42. The minimum absolute atomic E-state index is 0.251. The Hall–Kier alpha value is -1.74. The summed E-state index contributed by atoms with van der Waals surface area (Å²) < 4.78 is 26.6. The number of halogens is 2. The lowest BCUT2D eigenvalue weighted by atomic mass is 9.76. The Bertz CT molecular complexity index is 670. The Balaban J connectivity index is 1.51. The molecule has 0 bridgehead atoms. The van der Waals surface area contributed by atoms with E-state index in [4.69, 9.17) is 0 Å². The molecule has 0 aliphatic heterocycles. The zero-order chi connectivity index (χ0) is 18.5. The Labute approximate surface area is 156 Å². The normalized spacial score (nSPS) is 23.7. The van der Waals surface area contributed by atoms with Gasteiger partial charge in [0, 0.05) is 18.5 Å². The van der Waals surface area contributed by atoms with Crippen LogP contribution in [-0.2, 0) is 13.0 Å². The maximum atomic E-state index is 13.5. The van der Waals surface area contributed by atoms with Crippen molar-refractivity contribution in [3.05, 3.63) is 71.3 Å². The minimum atomic E-state index is -1.32. The molecule has 4 atom stereocenters. The van der Waals surface area contributed by atoms with E-state index in [0.717, 1.165) is 31.5 Å². The number of aryl methyl sites for hydroxylation is 1. The second kappa shape index (κ2) is 8.77. The molecule has 1 aliphatic carbocycles. The third-order valence-corrected chi connectivity index (χ3v) is 5.73. The fourth-order valence-corrected chi connectivity index (χ4v) is 3.77. The van der Waals surface area contributed by atoms with Crippen LogP contribution in [0.1, 0.15) is 49.3 Å². The Morgan fingerprint density at radius 3 is 2.27 bits per heavy atom. The van der Waals surface area contributed by atoms with Crippen molar-refractivity contribution in [3.8, 4) is 0 Å². The second-order valence-electron chi connectivity index (χ2n) is 7.48. The average molecular weight is 357 g/mol. The van der Waals surface area contributed by atoms with Crippen LogP contribution in [0.25, 0.3) is 0 Å². The van der Waals surface area contributed by atoms with E-state index in [2.05, 4.69) is 61.2 Å². The second-order valence-corrected chi connectivity index (χ2v) is 7.48. The highest BCUT2D eigenvalue weighted by Crippen LogP contribution is 2.41. The number of rotatable bonds is 8. The van der Waals surface area contributed by atoms with Crippen molar-refractivity contribution >= 4 is 0 Å². The van der Waals surface area contributed by atoms with Gasteiger partial charge in [0.25, 0.3) is 0 Å². The highest BCUT2D eigenvalue weighted by atomic mass is 19.2. The van der Waals surface area contributed by atoms with Crippen LogP contribution < -0.4 is 0 Å². The molecule has 3 rings (SSSR count). The van der Waals surface area contributed by atoms with Crippen molar-refractivity contribution in [2.24, 2.45) is 0 Å². The molecule has 0 saturated heterocycles. The predicted molar refractivity (Wildman–Crippen MR) is 104 cm³/mol. The molecule has 1 aliphatic rings. The van der Waals surface area contributed by atoms with Crippen molar-refractivity contribution in [1.29, 1.82) is 0 Å². The predicted octanol–water partition coefficient (Wildman–Crippen LogP) is 5.69. The first kappa shape index (κ1) is 19.0. The molecule has 2 aromatic carbocycles. The summed E-state index contributed by atoms with van der Waals surface area (Å²) in [5.74, 6) is -0.251. The molecule has 0 spiro atoms. The summed E-state index contributed by atoms with van der Waals surface area (Å²) in [6, 6.07) is 19.2. The monoisotopic (exact) mass is 357 g/mol. The number of alkyl halides is 2. The summed E-state index contributed by atoms with van der Waals surface area (Å²) in [5.41, 5.74) is 3.54. The lowest BCUT2D eigenvalue weighted by molar-refractivity contribution is 0.0428. The van der Waals surface area contributed by atoms with E-state index in [1.165, 1.54) is 11.1 Å². The highest BCUT2D eigenvalue weighted by molar-refractivity contribution is 5.29. The van der Waals surface area contributed by atoms with Gasteiger partial charge in [-0.25, -0.2) is 8.78 Å². The van der Waals surface area contributed by atoms with E-state index >= 15 is 0 Å². The highest BCUT2D eigenvalue weighted by Gasteiger charge is 2.42. The first-order valence-electron chi connectivity index (χ1n) is 9.73. The fraction of sp³-hybridized carbons (Fsp3) is 0.478. The van der Waals surface area contributed by atoms with Crippen molar-refractivity contribution in [2.75, 3.05) is 6.54 Å². The van der Waals surface area contributed by atoms with Gasteiger partial charge < -0.3 is 0 Å². The van der Waals surface area contributed by atoms with Crippen LogP contribution in [0.2, 0.25) is 0 Å². The third-order valence-electron chi connectivity index (χ3n) is 5.73. The molecular formula is C23H29F2N. The quantitative estimate of drug-likeness (QED) is 0.586. The van der Waals surface area contributed by atoms with Crippen LogP contribution >= 0.6 is 0 Å². The largest absolute Gasteiger partial charge is 0.297 e. The minimum Gasteiger partial charge on any atom is -0.297 e. The van der Waals surface area contributed by atoms with Gasteiger partial charge >= 0.3 is 0 Å². The molecule has 0 aromatic heterocycles. The van der Waals surface area contributed by atoms with Gasteiger partial charge in [-0.1, -0.05) is 61.5 Å². The Morgan fingerprint density at radius 2 is 1.69 bits per heavy atom. The number of hydrogen-bond acceptors (Lipinski definition) is 1. The smallest absolute Gasteiger partial charge is 0.138 e. The molecule has 0 amide bonds. The van der Waals surface area contributed by atoms with Gasteiger partial charge in [0.2, 0.25) is 0 Å². The van der Waals surface area contributed by atoms with Crippen molar-refractivity contribution < 1.29 is 8.78 Å². The molecule has 3 heteroatoms. The Morgan fingerprint density at radius 1 is 1.00 bits per heavy atom. The molecule has 140 valence electrons. The number of nitrogens with zero attached hydrogens (tertiary/aromatic N) is 1. The van der Waals surface area contributed by atoms with Gasteiger partial charge in [-0.15, -0.1) is 0 Å². The van der Waals surface area contributed by atoms with E-state index in [9.17, 15) is 8.78 Å². The summed E-state index contributed by atoms with van der Waals surface area (Å²) in [6.07, 6.45) is -0.186. The van der Waals surface area contributed by atoms with E-state index < -0.39 is 12.3 Å². The fourth-order valence-electron chi connectivity index (χ4n) is 3.77. The van der Waals surface area contributed by atoms with Crippen molar-refractivity contribution in [3.63, 3.8) is 0 Å². The van der Waals surface area contributed by atoms with Crippen LogP contribution in [-0.4, -0.2) is 29.8 Å². The topological polar surface area (TPSA) is 3.24 Å². The van der Waals surface area contributed by atoms with E-state index in [1.807, 2.05) is 12.1 Å². The van der Waals surface area contributed by atoms with Crippen LogP contribution in [0, 0.1) is 0 Å². The van der Waals surface area contributed by atoms with Crippen molar-refractivity contribution in [1.82, 2.24) is 4.90 Å². The molecule has 26 heavy (non-hydrogen) atoms. The van der Waals surface area contributed by atoms with Gasteiger partial charge in [0.15, 0.2) is 0 Å². The summed E-state index contributed by atoms with van der Waals surface area (Å²) in [6.45, 7) is 6.49. The first-order chi connectivity index (χ1) is 12.6. The maximum absolute atomic E-state index is 13.5. The summed E-state index contributed by atoms with van der Waals surface area (Å²) in [5, 5.41) is 0. The van der Waals surface area contributed by atoms with Gasteiger partial charge in [-0.05, 0) is 49.4 Å². The van der Waals surface area contributed by atoms with Gasteiger partial charge in [0.05, 0.1) is 0 Å². The van der Waals surface area contributed by atoms with E-state index in [0.29, 0.717) is 12.5 Å². The van der Waals surface area contributed by atoms with Gasteiger partial charge in [-0.3, -0.25) is 4.90 Å². The van der Waals surface area contributed by atoms with Crippen LogP contribution in [0.15, 0.2) is 54.6 Å². The molecule has 0 radical (unpaired) electrons. The molecule has 0 heterocycles. The molecular weight excluding hydrogens is 328 g/mol. The zero-order valence-corrected chi connectivity index (χ0v) is 15.7. The molecule has 1 fully saturated rings. The SMILES string of the molecule is CCN(Cc1ccccc1)C(C)CCc1ccc(C2CC(F)C2F)cc1. The average Bonchev–Trinajstić information content (AvgIpc) is 2.69. The van der Waals surface area contributed by atoms with Crippen molar-refractivity contribution in [2.45, 2.75) is 64.0 Å². The van der Waals surface area contributed by atoms with Crippen LogP contribution in [0.4, 0.5) is 8.78 Å². The summed E-state index contributed by atoms with van der Waals surface area (Å²) in [4.78, 5) is 2.49. The standard InChI is InChI=1S/C23H29F2N/c1-3-26(16-19-7-5-4-6-8-19)17(2)9-10-18-11-13-20(14-12-18)21-15-22(24)23(21)25/h4-8,11-14,17,21-23H,3,9-10,15-16H2,1-2H3. The van der Waals surface area contributed by atoms with Gasteiger partial charge in [0.1, 0.15) is 12.3 Å². The molecule has 0 N–H and O–H groups in total. The molecule has 4 unspecified atom stereocenters. The lowest BCUT2D eigenvalue weighted by Crippen LogP contribution is -2.38. The number of benzene rings is 2. The molecule has 1 nitrogen and oxygen atoms in total. The summed E-state index contributed by atoms with van der Waals surface area (Å²) in [7, 11) is 0. The van der Waals surface area contributed by atoms with Crippen LogP contribution in [0.3, 0.4) is 0 Å².